The third-order valence-corrected chi connectivity index (χ3v) is 3.75. The first kappa shape index (κ1) is 16.1. The molecule has 1 aromatic rings. The molecule has 2 N–H and O–H groups in total. The summed E-state index contributed by atoms with van der Waals surface area (Å²) in [6.45, 7) is 5.01. The molecule has 1 amide bonds. The number of benzene rings is 1. The van der Waals surface area contributed by atoms with Crippen LogP contribution >= 0.6 is 11.6 Å². The summed E-state index contributed by atoms with van der Waals surface area (Å²) in [7, 11) is 1.90. The van der Waals surface area contributed by atoms with Crippen molar-refractivity contribution in [1.29, 1.82) is 0 Å². The number of carbonyl (C=O) groups excluding carboxylic acids is 1. The van der Waals surface area contributed by atoms with Crippen LogP contribution in [0.15, 0.2) is 18.2 Å². The smallest absolute Gasteiger partial charge is 0.239 e. The number of carbonyl (C=O) groups is 1. The maximum atomic E-state index is 11.9. The second-order valence-electron chi connectivity index (χ2n) is 5.98. The van der Waals surface area contributed by atoms with Crippen molar-refractivity contribution in [2.75, 3.05) is 18.5 Å². The van der Waals surface area contributed by atoms with Crippen molar-refractivity contribution >= 4 is 23.2 Å². The van der Waals surface area contributed by atoms with Crippen LogP contribution in [-0.4, -0.2) is 31.6 Å². The number of anilines is 1. The van der Waals surface area contributed by atoms with Crippen molar-refractivity contribution in [1.82, 2.24) is 10.6 Å². The van der Waals surface area contributed by atoms with Gasteiger partial charge in [0.05, 0.1) is 17.3 Å². The first-order chi connectivity index (χ1) is 9.97. The Morgan fingerprint density at radius 2 is 2.14 bits per heavy atom. The molecule has 1 aromatic carbocycles. The summed E-state index contributed by atoms with van der Waals surface area (Å²) in [6.07, 6.45) is 2.51. The van der Waals surface area contributed by atoms with Crippen molar-refractivity contribution in [3.05, 3.63) is 28.8 Å². The summed E-state index contributed by atoms with van der Waals surface area (Å²) in [5, 5.41) is 7.08. The molecular formula is C16H24ClN3O. The Labute approximate surface area is 131 Å². The molecule has 4 nitrogen and oxygen atoms in total. The number of nitrogens with one attached hydrogen (secondary N) is 2. The molecule has 0 atom stereocenters. The van der Waals surface area contributed by atoms with Crippen LogP contribution in [0.3, 0.4) is 0 Å². The van der Waals surface area contributed by atoms with E-state index in [4.69, 9.17) is 11.6 Å². The quantitative estimate of drug-likeness (QED) is 0.813. The van der Waals surface area contributed by atoms with Crippen molar-refractivity contribution in [3.8, 4) is 0 Å². The van der Waals surface area contributed by atoms with E-state index in [1.807, 2.05) is 37.9 Å². The van der Waals surface area contributed by atoms with Crippen molar-refractivity contribution in [3.63, 3.8) is 0 Å². The Kier molecular flexibility index (Phi) is 5.48. The van der Waals surface area contributed by atoms with Gasteiger partial charge >= 0.3 is 0 Å². The molecule has 0 unspecified atom stereocenters. The number of likely N-dealkylation sites (N-methyl/N-ethyl adjacent to an activating group) is 1. The minimum absolute atomic E-state index is 0.00789. The molecule has 2 rings (SSSR count). The lowest BCUT2D eigenvalue weighted by atomic mass is 10.1. The Hall–Kier alpha value is -1.26. The summed E-state index contributed by atoms with van der Waals surface area (Å²) < 4.78 is 0. The van der Waals surface area contributed by atoms with Gasteiger partial charge in [-0.05, 0) is 38.3 Å². The van der Waals surface area contributed by atoms with Crippen LogP contribution in [0.2, 0.25) is 5.02 Å². The lowest BCUT2D eigenvalue weighted by molar-refractivity contribution is -0.120. The van der Waals surface area contributed by atoms with E-state index in [1.165, 1.54) is 12.8 Å². The third kappa shape index (κ3) is 4.90. The number of rotatable bonds is 7. The maximum Gasteiger partial charge on any atom is 0.239 e. The molecule has 21 heavy (non-hydrogen) atoms. The van der Waals surface area contributed by atoms with Crippen LogP contribution < -0.4 is 15.5 Å². The van der Waals surface area contributed by atoms with Crippen LogP contribution in [0.25, 0.3) is 0 Å². The fraction of sp³-hybridized carbons (Fsp3) is 0.562. The standard InChI is InChI=1S/C16H24ClN3O/c1-11(2)19-15(21)10-20(3)16-12(5-4-6-14(16)17)9-18-13-7-8-13/h4-6,11,13,18H,7-10H2,1-3H3,(H,19,21). The van der Waals surface area contributed by atoms with E-state index < -0.39 is 0 Å². The van der Waals surface area contributed by atoms with Gasteiger partial charge in [-0.2, -0.15) is 0 Å². The lowest BCUT2D eigenvalue weighted by Crippen LogP contribution is -2.39. The van der Waals surface area contributed by atoms with Gasteiger partial charge in [-0.15, -0.1) is 0 Å². The second kappa shape index (κ2) is 7.14. The molecule has 5 heteroatoms. The third-order valence-electron chi connectivity index (χ3n) is 3.44. The number of para-hydroxylation sites is 1. The first-order valence-electron chi connectivity index (χ1n) is 7.48. The largest absolute Gasteiger partial charge is 0.364 e. The molecule has 1 aliphatic rings. The minimum atomic E-state index is 0.00789. The highest BCUT2D eigenvalue weighted by atomic mass is 35.5. The van der Waals surface area contributed by atoms with Gasteiger partial charge in [-0.1, -0.05) is 23.7 Å². The summed E-state index contributed by atoms with van der Waals surface area (Å²) in [5.74, 6) is 0.00789. The Morgan fingerprint density at radius 1 is 1.43 bits per heavy atom. The molecule has 0 aromatic heterocycles. The molecule has 1 fully saturated rings. The van der Waals surface area contributed by atoms with Crippen molar-refractivity contribution < 1.29 is 4.79 Å². The van der Waals surface area contributed by atoms with Crippen LogP contribution in [0, 0.1) is 0 Å². The second-order valence-corrected chi connectivity index (χ2v) is 6.39. The van der Waals surface area contributed by atoms with E-state index in [-0.39, 0.29) is 11.9 Å². The van der Waals surface area contributed by atoms with Gasteiger partial charge in [-0.3, -0.25) is 4.79 Å². The molecule has 1 aliphatic carbocycles. The molecule has 0 heterocycles. The molecule has 0 bridgehead atoms. The zero-order chi connectivity index (χ0) is 15.4. The predicted molar refractivity (Wildman–Crippen MR) is 87.9 cm³/mol. The van der Waals surface area contributed by atoms with Gasteiger partial charge < -0.3 is 15.5 Å². The Balaban J connectivity index is 2.06. The zero-order valence-corrected chi connectivity index (χ0v) is 13.7. The van der Waals surface area contributed by atoms with Crippen LogP contribution in [-0.2, 0) is 11.3 Å². The number of amides is 1. The number of hydrogen-bond donors (Lipinski definition) is 2. The van der Waals surface area contributed by atoms with E-state index in [0.717, 1.165) is 17.8 Å². The SMILES string of the molecule is CC(C)NC(=O)CN(C)c1c(Cl)cccc1CNC1CC1. The van der Waals surface area contributed by atoms with Crippen molar-refractivity contribution in [2.45, 2.75) is 45.3 Å². The van der Waals surface area contributed by atoms with Crippen LogP contribution in [0.1, 0.15) is 32.3 Å². The summed E-state index contributed by atoms with van der Waals surface area (Å²) in [5.41, 5.74) is 2.07. The minimum Gasteiger partial charge on any atom is -0.364 e. The predicted octanol–water partition coefficient (Wildman–Crippen LogP) is 2.55. The number of hydrogen-bond acceptors (Lipinski definition) is 3. The molecule has 0 radical (unpaired) electrons. The van der Waals surface area contributed by atoms with Gasteiger partial charge in [0.2, 0.25) is 5.91 Å². The van der Waals surface area contributed by atoms with Crippen molar-refractivity contribution in [2.24, 2.45) is 0 Å². The Bertz CT molecular complexity index is 500. The van der Waals surface area contributed by atoms with E-state index in [9.17, 15) is 4.79 Å². The van der Waals surface area contributed by atoms with Gasteiger partial charge in [0.1, 0.15) is 0 Å². The molecule has 0 saturated heterocycles. The average Bonchev–Trinajstić information content (AvgIpc) is 3.18. The molecule has 116 valence electrons. The fourth-order valence-corrected chi connectivity index (χ4v) is 2.67. The molecule has 1 saturated carbocycles. The lowest BCUT2D eigenvalue weighted by Gasteiger charge is -2.24. The van der Waals surface area contributed by atoms with Gasteiger partial charge in [0.15, 0.2) is 0 Å². The average molecular weight is 310 g/mol. The fourth-order valence-electron chi connectivity index (χ4n) is 2.33. The zero-order valence-electron chi connectivity index (χ0n) is 12.9. The van der Waals surface area contributed by atoms with Crippen LogP contribution in [0.5, 0.6) is 0 Å². The van der Waals surface area contributed by atoms with E-state index in [1.54, 1.807) is 0 Å². The van der Waals surface area contributed by atoms with Gasteiger partial charge in [0, 0.05) is 25.7 Å². The topological polar surface area (TPSA) is 44.4 Å². The van der Waals surface area contributed by atoms with E-state index in [2.05, 4.69) is 16.7 Å². The van der Waals surface area contributed by atoms with Gasteiger partial charge in [-0.25, -0.2) is 0 Å². The van der Waals surface area contributed by atoms with E-state index in [0.29, 0.717) is 17.6 Å². The first-order valence-corrected chi connectivity index (χ1v) is 7.86. The molecular weight excluding hydrogens is 286 g/mol. The molecule has 0 aliphatic heterocycles. The highest BCUT2D eigenvalue weighted by molar-refractivity contribution is 6.33. The van der Waals surface area contributed by atoms with Gasteiger partial charge in [0.25, 0.3) is 0 Å². The monoisotopic (exact) mass is 309 g/mol. The summed E-state index contributed by atoms with van der Waals surface area (Å²) in [4.78, 5) is 13.8. The Morgan fingerprint density at radius 3 is 2.76 bits per heavy atom. The maximum absolute atomic E-state index is 11.9. The summed E-state index contributed by atoms with van der Waals surface area (Å²) >= 11 is 6.34. The highest BCUT2D eigenvalue weighted by Gasteiger charge is 2.21. The number of halogens is 1. The van der Waals surface area contributed by atoms with E-state index >= 15 is 0 Å². The number of nitrogens with zero attached hydrogens (tertiary/aromatic N) is 1. The molecule has 0 spiro atoms. The summed E-state index contributed by atoms with van der Waals surface area (Å²) in [6, 6.07) is 6.68. The van der Waals surface area contributed by atoms with Crippen LogP contribution in [0.4, 0.5) is 5.69 Å². The normalized spacial score (nSPS) is 14.3. The highest BCUT2D eigenvalue weighted by Crippen LogP contribution is 2.30.